The van der Waals surface area contributed by atoms with Gasteiger partial charge in [-0.1, -0.05) is 12.7 Å². The summed E-state index contributed by atoms with van der Waals surface area (Å²) in [4.78, 5) is 24.1. The summed E-state index contributed by atoms with van der Waals surface area (Å²) in [5.74, 6) is -1.05. The van der Waals surface area contributed by atoms with Gasteiger partial charge in [0, 0.05) is 6.54 Å². The van der Waals surface area contributed by atoms with Crippen LogP contribution in [0.2, 0.25) is 0 Å². The first kappa shape index (κ1) is 13.8. The van der Waals surface area contributed by atoms with E-state index in [0.29, 0.717) is 19.6 Å². The molecule has 2 aliphatic rings. The SMILES string of the molecule is C=CCOC(=O)N1CCC2(COCC(C(=O)O)O2)C1. The number of hydrogen-bond donors (Lipinski definition) is 1. The van der Waals surface area contributed by atoms with Gasteiger partial charge in [0.15, 0.2) is 6.10 Å². The number of aliphatic carboxylic acids is 1. The van der Waals surface area contributed by atoms with E-state index in [-0.39, 0.29) is 19.8 Å². The molecule has 0 bridgehead atoms. The maximum absolute atomic E-state index is 11.7. The van der Waals surface area contributed by atoms with Gasteiger partial charge in [-0.05, 0) is 6.42 Å². The molecule has 2 saturated heterocycles. The highest BCUT2D eigenvalue weighted by Crippen LogP contribution is 2.30. The minimum absolute atomic E-state index is 0.0397. The van der Waals surface area contributed by atoms with Gasteiger partial charge in [-0.15, -0.1) is 0 Å². The molecule has 1 spiro atoms. The molecule has 7 nitrogen and oxygen atoms in total. The van der Waals surface area contributed by atoms with E-state index in [1.54, 1.807) is 0 Å². The molecular formula is C12H17NO6. The zero-order valence-electron chi connectivity index (χ0n) is 10.5. The Morgan fingerprint density at radius 1 is 1.58 bits per heavy atom. The molecule has 0 aromatic carbocycles. The third-order valence-electron chi connectivity index (χ3n) is 3.20. The van der Waals surface area contributed by atoms with Crippen LogP contribution < -0.4 is 0 Å². The lowest BCUT2D eigenvalue weighted by Crippen LogP contribution is -2.52. The number of carbonyl (C=O) groups is 2. The van der Waals surface area contributed by atoms with Crippen molar-refractivity contribution >= 4 is 12.1 Å². The molecule has 2 atom stereocenters. The molecule has 1 amide bonds. The number of ether oxygens (including phenoxy) is 3. The molecule has 2 aliphatic heterocycles. The second-order valence-electron chi connectivity index (χ2n) is 4.68. The van der Waals surface area contributed by atoms with Crippen LogP contribution in [-0.2, 0) is 19.0 Å². The van der Waals surface area contributed by atoms with Crippen molar-refractivity contribution < 1.29 is 28.9 Å². The van der Waals surface area contributed by atoms with Crippen molar-refractivity contribution in [1.29, 1.82) is 0 Å². The molecule has 2 unspecified atom stereocenters. The van der Waals surface area contributed by atoms with Gasteiger partial charge in [0.2, 0.25) is 0 Å². The predicted molar refractivity (Wildman–Crippen MR) is 63.8 cm³/mol. The van der Waals surface area contributed by atoms with E-state index in [4.69, 9.17) is 19.3 Å². The molecule has 7 heteroatoms. The van der Waals surface area contributed by atoms with Gasteiger partial charge in [-0.25, -0.2) is 9.59 Å². The molecule has 0 aromatic heterocycles. The van der Waals surface area contributed by atoms with Crippen molar-refractivity contribution in [2.24, 2.45) is 0 Å². The molecule has 0 saturated carbocycles. The van der Waals surface area contributed by atoms with E-state index in [0.717, 1.165) is 0 Å². The van der Waals surface area contributed by atoms with Crippen LogP contribution in [0.5, 0.6) is 0 Å². The quantitative estimate of drug-likeness (QED) is 0.741. The number of hydrogen-bond acceptors (Lipinski definition) is 5. The smallest absolute Gasteiger partial charge is 0.410 e. The Morgan fingerprint density at radius 3 is 3.05 bits per heavy atom. The molecule has 106 valence electrons. The van der Waals surface area contributed by atoms with E-state index >= 15 is 0 Å². The Bertz CT molecular complexity index is 384. The Balaban J connectivity index is 1.94. The molecule has 0 aliphatic carbocycles. The lowest BCUT2D eigenvalue weighted by Gasteiger charge is -2.36. The van der Waals surface area contributed by atoms with Crippen LogP contribution >= 0.6 is 0 Å². The summed E-state index contributed by atoms with van der Waals surface area (Å²) >= 11 is 0. The summed E-state index contributed by atoms with van der Waals surface area (Å²) in [5.41, 5.74) is -0.728. The van der Waals surface area contributed by atoms with Crippen molar-refractivity contribution in [3.05, 3.63) is 12.7 Å². The van der Waals surface area contributed by atoms with E-state index in [2.05, 4.69) is 6.58 Å². The van der Waals surface area contributed by atoms with Crippen molar-refractivity contribution in [2.75, 3.05) is 32.9 Å². The first-order valence-corrected chi connectivity index (χ1v) is 6.07. The summed E-state index contributed by atoms with van der Waals surface area (Å²) in [6.07, 6.45) is 0.612. The largest absolute Gasteiger partial charge is 0.479 e. The van der Waals surface area contributed by atoms with Crippen LogP contribution in [-0.4, -0.2) is 66.7 Å². The normalized spacial score (nSPS) is 30.3. The van der Waals surface area contributed by atoms with Gasteiger partial charge in [0.1, 0.15) is 12.2 Å². The van der Waals surface area contributed by atoms with Crippen molar-refractivity contribution in [3.8, 4) is 0 Å². The van der Waals surface area contributed by atoms with Crippen LogP contribution in [0.25, 0.3) is 0 Å². The van der Waals surface area contributed by atoms with E-state index in [9.17, 15) is 9.59 Å². The molecule has 19 heavy (non-hydrogen) atoms. The first-order chi connectivity index (χ1) is 9.06. The minimum Gasteiger partial charge on any atom is -0.479 e. The van der Waals surface area contributed by atoms with Gasteiger partial charge in [-0.3, -0.25) is 0 Å². The predicted octanol–water partition coefficient (Wildman–Crippen LogP) is 0.253. The highest BCUT2D eigenvalue weighted by atomic mass is 16.6. The summed E-state index contributed by atoms with van der Waals surface area (Å²) in [6.45, 7) is 4.70. The molecule has 2 fully saturated rings. The molecule has 0 radical (unpaired) electrons. The topological polar surface area (TPSA) is 85.3 Å². The number of amides is 1. The number of rotatable bonds is 3. The van der Waals surface area contributed by atoms with Gasteiger partial charge in [-0.2, -0.15) is 0 Å². The lowest BCUT2D eigenvalue weighted by atomic mass is 10.0. The van der Waals surface area contributed by atoms with Gasteiger partial charge >= 0.3 is 12.1 Å². The Morgan fingerprint density at radius 2 is 2.37 bits per heavy atom. The number of carboxylic acids is 1. The van der Waals surface area contributed by atoms with Crippen LogP contribution in [0.1, 0.15) is 6.42 Å². The Labute approximate surface area is 110 Å². The molecule has 1 N–H and O–H groups in total. The van der Waals surface area contributed by atoms with Crippen molar-refractivity contribution in [1.82, 2.24) is 4.90 Å². The second-order valence-corrected chi connectivity index (χ2v) is 4.68. The fourth-order valence-corrected chi connectivity index (χ4v) is 2.28. The fourth-order valence-electron chi connectivity index (χ4n) is 2.28. The summed E-state index contributed by atoms with van der Waals surface area (Å²) in [7, 11) is 0. The molecule has 2 heterocycles. The third kappa shape index (κ3) is 3.05. The van der Waals surface area contributed by atoms with E-state index in [1.165, 1.54) is 11.0 Å². The van der Waals surface area contributed by atoms with Crippen LogP contribution in [0.3, 0.4) is 0 Å². The maximum Gasteiger partial charge on any atom is 0.410 e. The zero-order chi connectivity index (χ0) is 13.9. The van der Waals surface area contributed by atoms with Crippen molar-refractivity contribution in [3.63, 3.8) is 0 Å². The van der Waals surface area contributed by atoms with Crippen LogP contribution in [0, 0.1) is 0 Å². The summed E-state index contributed by atoms with van der Waals surface area (Å²) in [6, 6.07) is 0. The average molecular weight is 271 g/mol. The Hall–Kier alpha value is -1.60. The Kier molecular flexibility index (Phi) is 4.06. The average Bonchev–Trinajstić information content (AvgIpc) is 2.79. The number of carboxylic acid groups (broad SMARTS) is 1. The molecular weight excluding hydrogens is 254 g/mol. The van der Waals surface area contributed by atoms with Gasteiger partial charge < -0.3 is 24.2 Å². The highest BCUT2D eigenvalue weighted by Gasteiger charge is 2.47. The van der Waals surface area contributed by atoms with Gasteiger partial charge in [0.05, 0.1) is 19.8 Å². The van der Waals surface area contributed by atoms with E-state index in [1.807, 2.05) is 0 Å². The van der Waals surface area contributed by atoms with E-state index < -0.39 is 23.8 Å². The van der Waals surface area contributed by atoms with Crippen LogP contribution in [0.15, 0.2) is 12.7 Å². The standard InChI is InChI=1S/C12H17NO6/c1-2-5-18-11(16)13-4-3-12(7-13)8-17-6-9(19-12)10(14)15/h2,9H,1,3-8H2,(H,14,15). The molecule has 2 rings (SSSR count). The zero-order valence-corrected chi connectivity index (χ0v) is 10.5. The molecule has 0 aromatic rings. The lowest BCUT2D eigenvalue weighted by molar-refractivity contribution is -0.206. The summed E-state index contributed by atoms with van der Waals surface area (Å²) < 4.78 is 15.8. The maximum atomic E-state index is 11.7. The van der Waals surface area contributed by atoms with Crippen molar-refractivity contribution in [2.45, 2.75) is 18.1 Å². The summed E-state index contributed by atoms with van der Waals surface area (Å²) in [5, 5.41) is 8.95. The monoisotopic (exact) mass is 271 g/mol. The second kappa shape index (κ2) is 5.58. The highest BCUT2D eigenvalue weighted by molar-refractivity contribution is 5.72. The fraction of sp³-hybridized carbons (Fsp3) is 0.667. The minimum atomic E-state index is -1.05. The van der Waals surface area contributed by atoms with Gasteiger partial charge in [0.25, 0.3) is 0 Å². The van der Waals surface area contributed by atoms with Crippen LogP contribution in [0.4, 0.5) is 4.79 Å². The number of carbonyl (C=O) groups excluding carboxylic acids is 1. The first-order valence-electron chi connectivity index (χ1n) is 6.07. The number of nitrogens with zero attached hydrogens (tertiary/aromatic N) is 1. The third-order valence-corrected chi connectivity index (χ3v) is 3.20. The number of likely N-dealkylation sites (tertiary alicyclic amines) is 1.